The van der Waals surface area contributed by atoms with E-state index < -0.39 is 0 Å². The van der Waals surface area contributed by atoms with Crippen LogP contribution in [0.15, 0.2) is 12.2 Å². The molecular weight excluding hydrogens is 257 g/mol. The fourth-order valence-corrected chi connectivity index (χ4v) is 3.18. The Morgan fingerprint density at radius 3 is 2.42 bits per heavy atom. The lowest BCUT2D eigenvalue weighted by Crippen LogP contribution is -2.36. The van der Waals surface area contributed by atoms with Gasteiger partial charge in [-0.05, 0) is 25.9 Å². The lowest BCUT2D eigenvalue weighted by molar-refractivity contribution is -0.867. The van der Waals surface area contributed by atoms with Gasteiger partial charge in [0.1, 0.15) is 0 Å². The molecular formula is C15H31NO2P+. The maximum absolute atomic E-state index is 11.0. The van der Waals surface area contributed by atoms with Gasteiger partial charge >= 0.3 is 5.97 Å². The van der Waals surface area contributed by atoms with Crippen LogP contribution in [-0.2, 0) is 9.53 Å². The fourth-order valence-electron chi connectivity index (χ4n) is 1.60. The number of hydrogen-bond donors (Lipinski definition) is 0. The zero-order chi connectivity index (χ0) is 14.6. The van der Waals surface area contributed by atoms with Gasteiger partial charge in [-0.1, -0.05) is 18.9 Å². The summed E-state index contributed by atoms with van der Waals surface area (Å²) in [6, 6.07) is 0. The lowest BCUT2D eigenvalue weighted by atomic mass is 10.2. The van der Waals surface area contributed by atoms with Crippen LogP contribution in [0.4, 0.5) is 0 Å². The quantitative estimate of drug-likeness (QED) is 0.192. The van der Waals surface area contributed by atoms with Crippen LogP contribution in [0.25, 0.3) is 0 Å². The number of ether oxygens (including phenoxy) is 1. The molecule has 0 amide bonds. The molecule has 0 aliphatic carbocycles. The molecule has 4 heteroatoms. The molecule has 0 heterocycles. The maximum atomic E-state index is 11.0. The zero-order valence-electron chi connectivity index (χ0n) is 13.1. The Hall–Kier alpha value is -0.400. The minimum atomic E-state index is -0.218. The summed E-state index contributed by atoms with van der Waals surface area (Å²) in [5.74, 6) is -0.218. The third-order valence-electron chi connectivity index (χ3n) is 2.75. The second-order valence-corrected chi connectivity index (χ2v) is 7.35. The first kappa shape index (κ1) is 18.6. The molecule has 112 valence electrons. The van der Waals surface area contributed by atoms with Crippen molar-refractivity contribution in [2.75, 3.05) is 46.6 Å². The highest BCUT2D eigenvalue weighted by Crippen LogP contribution is 2.14. The predicted octanol–water partition coefficient (Wildman–Crippen LogP) is 3.05. The van der Waals surface area contributed by atoms with E-state index >= 15 is 0 Å². The van der Waals surface area contributed by atoms with Crippen molar-refractivity contribution in [3.05, 3.63) is 12.2 Å². The molecule has 0 saturated heterocycles. The number of carbonyl (C=O) groups is 1. The van der Waals surface area contributed by atoms with Crippen LogP contribution in [0.1, 0.15) is 32.6 Å². The van der Waals surface area contributed by atoms with E-state index in [0.29, 0.717) is 6.61 Å². The van der Waals surface area contributed by atoms with E-state index in [9.17, 15) is 4.79 Å². The molecule has 1 unspecified atom stereocenters. The SMILES string of the molecule is CC=CC(=O)OCCCCCCPCC[N+](C)(C)C. The summed E-state index contributed by atoms with van der Waals surface area (Å²) in [4.78, 5) is 11.0. The normalized spacial score (nSPS) is 12.6. The van der Waals surface area contributed by atoms with Gasteiger partial charge in [-0.3, -0.25) is 0 Å². The molecule has 0 N–H and O–H groups in total. The van der Waals surface area contributed by atoms with Gasteiger partial charge in [0, 0.05) is 12.2 Å². The number of unbranched alkanes of at least 4 members (excludes halogenated alkanes) is 3. The largest absolute Gasteiger partial charge is 0.463 e. The van der Waals surface area contributed by atoms with Crippen molar-refractivity contribution < 1.29 is 14.0 Å². The van der Waals surface area contributed by atoms with Gasteiger partial charge in [-0.2, -0.15) is 0 Å². The number of hydrogen-bond acceptors (Lipinski definition) is 2. The summed E-state index contributed by atoms with van der Waals surface area (Å²) < 4.78 is 6.11. The van der Waals surface area contributed by atoms with E-state index in [1.54, 1.807) is 6.08 Å². The first-order valence-electron chi connectivity index (χ1n) is 7.26. The molecule has 0 saturated carbocycles. The number of esters is 1. The van der Waals surface area contributed by atoms with Gasteiger partial charge in [0.25, 0.3) is 0 Å². The first-order valence-corrected chi connectivity index (χ1v) is 8.68. The number of allylic oxidation sites excluding steroid dienone is 1. The number of carbonyl (C=O) groups excluding carboxylic acids is 1. The van der Waals surface area contributed by atoms with Gasteiger partial charge in [0.05, 0.1) is 34.3 Å². The summed E-state index contributed by atoms with van der Waals surface area (Å²) in [7, 11) is 7.85. The van der Waals surface area contributed by atoms with Crippen molar-refractivity contribution in [3.8, 4) is 0 Å². The molecule has 0 radical (unpaired) electrons. The van der Waals surface area contributed by atoms with Crippen molar-refractivity contribution in [3.63, 3.8) is 0 Å². The standard InChI is InChI=1S/C15H31NO2P/c1-5-10-15(17)18-12-8-6-7-9-13-19-14-11-16(2,3)4/h5,10,19H,6-9,11-14H2,1-4H3/q+1. The van der Waals surface area contributed by atoms with E-state index in [-0.39, 0.29) is 5.97 Å². The van der Waals surface area contributed by atoms with Gasteiger partial charge < -0.3 is 9.22 Å². The minimum absolute atomic E-state index is 0.218. The van der Waals surface area contributed by atoms with Crippen LogP contribution >= 0.6 is 8.58 Å². The van der Waals surface area contributed by atoms with E-state index in [0.717, 1.165) is 19.5 Å². The average molecular weight is 288 g/mol. The molecule has 1 atom stereocenters. The van der Waals surface area contributed by atoms with Gasteiger partial charge in [0.2, 0.25) is 0 Å². The van der Waals surface area contributed by atoms with E-state index in [1.807, 2.05) is 6.92 Å². The molecule has 0 aliphatic rings. The third-order valence-corrected chi connectivity index (χ3v) is 4.04. The van der Waals surface area contributed by atoms with Crippen molar-refractivity contribution in [1.82, 2.24) is 0 Å². The average Bonchev–Trinajstić information content (AvgIpc) is 2.30. The second kappa shape index (κ2) is 11.4. The second-order valence-electron chi connectivity index (χ2n) is 5.85. The lowest BCUT2D eigenvalue weighted by Gasteiger charge is -2.23. The van der Waals surface area contributed by atoms with Crippen LogP contribution in [0.5, 0.6) is 0 Å². The molecule has 0 spiro atoms. The monoisotopic (exact) mass is 288 g/mol. The molecule has 0 bridgehead atoms. The van der Waals surface area contributed by atoms with Crippen molar-refractivity contribution in [1.29, 1.82) is 0 Å². The molecule has 0 aromatic carbocycles. The Bertz CT molecular complexity index is 259. The highest BCUT2D eigenvalue weighted by molar-refractivity contribution is 7.37. The molecule has 0 fully saturated rings. The van der Waals surface area contributed by atoms with Crippen LogP contribution in [0.3, 0.4) is 0 Å². The topological polar surface area (TPSA) is 26.3 Å². The van der Waals surface area contributed by atoms with Crippen LogP contribution < -0.4 is 0 Å². The molecule has 3 nitrogen and oxygen atoms in total. The highest BCUT2D eigenvalue weighted by atomic mass is 31.1. The number of nitrogens with zero attached hydrogens (tertiary/aromatic N) is 1. The molecule has 0 aliphatic heterocycles. The molecule has 0 aromatic rings. The van der Waals surface area contributed by atoms with Crippen molar-refractivity contribution in [2.45, 2.75) is 32.6 Å². The molecule has 19 heavy (non-hydrogen) atoms. The van der Waals surface area contributed by atoms with Crippen LogP contribution in [-0.4, -0.2) is 57.1 Å². The summed E-state index contributed by atoms with van der Waals surface area (Å²) in [5.41, 5.74) is 0. The summed E-state index contributed by atoms with van der Waals surface area (Å²) in [5, 5.41) is 0. The Kier molecular flexibility index (Phi) is 11.2. The summed E-state index contributed by atoms with van der Waals surface area (Å²) in [6.45, 7) is 3.66. The summed E-state index contributed by atoms with van der Waals surface area (Å²) in [6.07, 6.45) is 10.6. The predicted molar refractivity (Wildman–Crippen MR) is 85.2 cm³/mol. The first-order chi connectivity index (χ1) is 8.95. The molecule has 0 aromatic heterocycles. The van der Waals surface area contributed by atoms with E-state index in [4.69, 9.17) is 4.74 Å². The summed E-state index contributed by atoms with van der Waals surface area (Å²) >= 11 is 0. The third kappa shape index (κ3) is 15.5. The van der Waals surface area contributed by atoms with E-state index in [1.165, 1.54) is 44.2 Å². The Morgan fingerprint density at radius 1 is 1.11 bits per heavy atom. The van der Waals surface area contributed by atoms with Gasteiger partial charge in [0.15, 0.2) is 0 Å². The minimum Gasteiger partial charge on any atom is -0.463 e. The number of rotatable bonds is 11. The van der Waals surface area contributed by atoms with Gasteiger partial charge in [-0.25, -0.2) is 4.79 Å². The smallest absolute Gasteiger partial charge is 0.330 e. The Labute approximate surface area is 120 Å². The fraction of sp³-hybridized carbons (Fsp3) is 0.800. The highest BCUT2D eigenvalue weighted by Gasteiger charge is 2.04. The zero-order valence-corrected chi connectivity index (χ0v) is 14.1. The number of quaternary nitrogens is 1. The molecule has 0 rings (SSSR count). The Balaban J connectivity index is 3.17. The van der Waals surface area contributed by atoms with Crippen LogP contribution in [0.2, 0.25) is 0 Å². The van der Waals surface area contributed by atoms with Crippen molar-refractivity contribution in [2.24, 2.45) is 0 Å². The van der Waals surface area contributed by atoms with E-state index in [2.05, 4.69) is 21.1 Å². The van der Waals surface area contributed by atoms with Crippen molar-refractivity contribution >= 4 is 14.6 Å². The van der Waals surface area contributed by atoms with Crippen LogP contribution in [0, 0.1) is 0 Å². The van der Waals surface area contributed by atoms with Gasteiger partial charge in [-0.15, -0.1) is 8.58 Å². The Morgan fingerprint density at radius 2 is 1.79 bits per heavy atom. The maximum Gasteiger partial charge on any atom is 0.330 e.